The molecule has 1 atom stereocenters. The van der Waals surface area contributed by atoms with Gasteiger partial charge in [0.25, 0.3) is 0 Å². The third kappa shape index (κ3) is 4.01. The molecule has 0 N–H and O–H groups in total. The number of para-hydroxylation sites is 2. The van der Waals surface area contributed by atoms with Gasteiger partial charge in [0.05, 0.1) is 24.8 Å². The standard InChI is InChI=1S/C23H25N3O4/c1-3-30-22(28)15-26-20-7-5-4-6-19(20)24-23(26)17-12-21(27)25(14-17)13-16-8-10-18(29-2)11-9-16/h4-11,17H,3,12-15H2,1-2H3. The number of methoxy groups -OCH3 is 1. The fourth-order valence-electron chi connectivity index (χ4n) is 3.96. The molecular formula is C23H25N3O4. The molecule has 1 aromatic heterocycles. The van der Waals surface area contributed by atoms with Gasteiger partial charge < -0.3 is 18.9 Å². The van der Waals surface area contributed by atoms with E-state index < -0.39 is 0 Å². The van der Waals surface area contributed by atoms with Crippen molar-refractivity contribution in [2.24, 2.45) is 0 Å². The van der Waals surface area contributed by atoms with Gasteiger partial charge in [-0.3, -0.25) is 9.59 Å². The maximum Gasteiger partial charge on any atom is 0.326 e. The van der Waals surface area contributed by atoms with E-state index in [0.29, 0.717) is 26.1 Å². The maximum absolute atomic E-state index is 12.7. The van der Waals surface area contributed by atoms with Crippen LogP contribution in [0.4, 0.5) is 0 Å². The van der Waals surface area contributed by atoms with Gasteiger partial charge in [-0.2, -0.15) is 0 Å². The third-order valence-electron chi connectivity index (χ3n) is 5.39. The lowest BCUT2D eigenvalue weighted by atomic mass is 10.1. The van der Waals surface area contributed by atoms with Crippen LogP contribution in [0.5, 0.6) is 5.75 Å². The number of carbonyl (C=O) groups is 2. The van der Waals surface area contributed by atoms with Crippen molar-refractivity contribution >= 4 is 22.9 Å². The minimum atomic E-state index is -0.304. The van der Waals surface area contributed by atoms with E-state index in [2.05, 4.69) is 0 Å². The highest BCUT2D eigenvalue weighted by molar-refractivity contribution is 5.82. The minimum absolute atomic E-state index is 0.0717. The number of amides is 1. The molecule has 3 aromatic rings. The normalized spacial score (nSPS) is 16.3. The zero-order chi connectivity index (χ0) is 21.1. The number of likely N-dealkylation sites (tertiary alicyclic amines) is 1. The molecule has 30 heavy (non-hydrogen) atoms. The molecule has 2 heterocycles. The van der Waals surface area contributed by atoms with Crippen molar-refractivity contribution in [1.82, 2.24) is 14.5 Å². The Labute approximate surface area is 175 Å². The Morgan fingerprint density at radius 1 is 1.17 bits per heavy atom. The fraction of sp³-hybridized carbons (Fsp3) is 0.348. The zero-order valence-corrected chi connectivity index (χ0v) is 17.2. The van der Waals surface area contributed by atoms with Crippen molar-refractivity contribution < 1.29 is 19.1 Å². The van der Waals surface area contributed by atoms with Crippen LogP contribution in [0.2, 0.25) is 0 Å². The molecule has 0 aliphatic carbocycles. The Kier molecular flexibility index (Phi) is 5.70. The number of ether oxygens (including phenoxy) is 2. The number of rotatable bonds is 7. The number of carbonyl (C=O) groups excluding carboxylic acids is 2. The molecule has 156 valence electrons. The maximum atomic E-state index is 12.7. The van der Waals surface area contributed by atoms with Crippen LogP contribution < -0.4 is 4.74 Å². The monoisotopic (exact) mass is 407 g/mol. The highest BCUT2D eigenvalue weighted by Crippen LogP contribution is 2.31. The summed E-state index contributed by atoms with van der Waals surface area (Å²) >= 11 is 0. The number of fused-ring (bicyclic) bond motifs is 1. The number of imidazole rings is 1. The van der Waals surface area contributed by atoms with Gasteiger partial charge in [-0.1, -0.05) is 24.3 Å². The molecule has 0 saturated carbocycles. The van der Waals surface area contributed by atoms with Crippen molar-refractivity contribution in [2.75, 3.05) is 20.3 Å². The molecule has 1 aliphatic rings. The van der Waals surface area contributed by atoms with E-state index in [4.69, 9.17) is 14.5 Å². The fourth-order valence-corrected chi connectivity index (χ4v) is 3.96. The molecule has 1 aliphatic heterocycles. The number of benzene rings is 2. The van der Waals surface area contributed by atoms with E-state index in [1.54, 1.807) is 14.0 Å². The minimum Gasteiger partial charge on any atom is -0.497 e. The topological polar surface area (TPSA) is 73.7 Å². The summed E-state index contributed by atoms with van der Waals surface area (Å²) in [7, 11) is 1.63. The van der Waals surface area contributed by atoms with Crippen molar-refractivity contribution in [3.05, 3.63) is 59.9 Å². The van der Waals surface area contributed by atoms with Crippen LogP contribution in [-0.4, -0.2) is 46.6 Å². The average molecular weight is 407 g/mol. The first-order valence-corrected chi connectivity index (χ1v) is 10.1. The Morgan fingerprint density at radius 3 is 2.67 bits per heavy atom. The quantitative estimate of drug-likeness (QED) is 0.563. The Morgan fingerprint density at radius 2 is 1.93 bits per heavy atom. The molecule has 0 radical (unpaired) electrons. The molecule has 1 unspecified atom stereocenters. The summed E-state index contributed by atoms with van der Waals surface area (Å²) in [5, 5.41) is 0. The van der Waals surface area contributed by atoms with Crippen molar-refractivity contribution in [1.29, 1.82) is 0 Å². The number of hydrogen-bond acceptors (Lipinski definition) is 5. The lowest BCUT2D eigenvalue weighted by Crippen LogP contribution is -2.25. The molecule has 1 amide bonds. The van der Waals surface area contributed by atoms with E-state index in [1.807, 2.05) is 58.0 Å². The zero-order valence-electron chi connectivity index (χ0n) is 17.2. The summed E-state index contributed by atoms with van der Waals surface area (Å²) in [6.45, 7) is 3.32. The smallest absolute Gasteiger partial charge is 0.326 e. The summed E-state index contributed by atoms with van der Waals surface area (Å²) in [6.07, 6.45) is 0.377. The summed E-state index contributed by atoms with van der Waals surface area (Å²) in [5.41, 5.74) is 2.74. The van der Waals surface area contributed by atoms with Crippen LogP contribution in [0, 0.1) is 0 Å². The second-order valence-corrected chi connectivity index (χ2v) is 7.37. The van der Waals surface area contributed by atoms with Crippen molar-refractivity contribution in [3.8, 4) is 5.75 Å². The Bertz CT molecular complexity index is 1060. The van der Waals surface area contributed by atoms with Gasteiger partial charge in [0.15, 0.2) is 0 Å². The Balaban J connectivity index is 1.57. The van der Waals surface area contributed by atoms with E-state index in [0.717, 1.165) is 28.2 Å². The van der Waals surface area contributed by atoms with Crippen LogP contribution in [0.25, 0.3) is 11.0 Å². The SMILES string of the molecule is CCOC(=O)Cn1c(C2CC(=O)N(Cc3ccc(OC)cc3)C2)nc2ccccc21. The van der Waals surface area contributed by atoms with Crippen LogP contribution in [0.15, 0.2) is 48.5 Å². The van der Waals surface area contributed by atoms with Crippen molar-refractivity contribution in [3.63, 3.8) is 0 Å². The number of aromatic nitrogens is 2. The third-order valence-corrected chi connectivity index (χ3v) is 5.39. The van der Waals surface area contributed by atoms with Gasteiger partial charge in [-0.05, 0) is 36.8 Å². The van der Waals surface area contributed by atoms with Gasteiger partial charge in [0, 0.05) is 25.4 Å². The molecular weight excluding hydrogens is 382 g/mol. The number of nitrogens with zero attached hydrogens (tertiary/aromatic N) is 3. The van der Waals surface area contributed by atoms with E-state index in [-0.39, 0.29) is 24.3 Å². The number of esters is 1. The molecule has 4 rings (SSSR count). The molecule has 0 bridgehead atoms. The van der Waals surface area contributed by atoms with Crippen molar-refractivity contribution in [2.45, 2.75) is 32.4 Å². The van der Waals surface area contributed by atoms with Crippen LogP contribution >= 0.6 is 0 Å². The first kappa shape index (κ1) is 19.9. The highest BCUT2D eigenvalue weighted by Gasteiger charge is 2.34. The van der Waals surface area contributed by atoms with Gasteiger partial charge in [0.1, 0.15) is 18.1 Å². The molecule has 7 heteroatoms. The van der Waals surface area contributed by atoms with Gasteiger partial charge in [-0.15, -0.1) is 0 Å². The lowest BCUT2D eigenvalue weighted by molar-refractivity contribution is -0.143. The average Bonchev–Trinajstić information content (AvgIpc) is 3.29. The summed E-state index contributed by atoms with van der Waals surface area (Å²) in [6, 6.07) is 15.4. The van der Waals surface area contributed by atoms with E-state index in [9.17, 15) is 9.59 Å². The van der Waals surface area contributed by atoms with Gasteiger partial charge in [0.2, 0.25) is 5.91 Å². The summed E-state index contributed by atoms with van der Waals surface area (Å²) in [4.78, 5) is 31.5. The van der Waals surface area contributed by atoms with E-state index >= 15 is 0 Å². The lowest BCUT2D eigenvalue weighted by Gasteiger charge is -2.17. The predicted octanol–water partition coefficient (Wildman–Crippen LogP) is 3.12. The van der Waals surface area contributed by atoms with Crippen LogP contribution in [-0.2, 0) is 27.4 Å². The van der Waals surface area contributed by atoms with E-state index in [1.165, 1.54) is 0 Å². The molecule has 7 nitrogen and oxygen atoms in total. The molecule has 1 fully saturated rings. The summed E-state index contributed by atoms with van der Waals surface area (Å²) < 4.78 is 12.2. The molecule has 0 spiro atoms. The Hall–Kier alpha value is -3.35. The molecule has 2 aromatic carbocycles. The van der Waals surface area contributed by atoms with Crippen LogP contribution in [0.3, 0.4) is 0 Å². The first-order valence-electron chi connectivity index (χ1n) is 10.1. The second-order valence-electron chi connectivity index (χ2n) is 7.37. The number of hydrogen-bond donors (Lipinski definition) is 0. The largest absolute Gasteiger partial charge is 0.497 e. The predicted molar refractivity (Wildman–Crippen MR) is 112 cm³/mol. The van der Waals surface area contributed by atoms with Gasteiger partial charge >= 0.3 is 5.97 Å². The van der Waals surface area contributed by atoms with Crippen LogP contribution in [0.1, 0.15) is 30.7 Å². The second kappa shape index (κ2) is 8.57. The summed E-state index contributed by atoms with van der Waals surface area (Å²) in [5.74, 6) is 1.26. The first-order chi connectivity index (χ1) is 14.6. The van der Waals surface area contributed by atoms with Gasteiger partial charge in [-0.25, -0.2) is 4.98 Å². The molecule has 1 saturated heterocycles. The highest BCUT2D eigenvalue weighted by atomic mass is 16.5.